The van der Waals surface area contributed by atoms with Gasteiger partial charge in [-0.2, -0.15) is 5.26 Å². The van der Waals surface area contributed by atoms with Crippen LogP contribution in [0.25, 0.3) is 5.69 Å². The topological polar surface area (TPSA) is 73.9 Å². The lowest BCUT2D eigenvalue weighted by molar-refractivity contribution is 0.0581. The van der Waals surface area contributed by atoms with Gasteiger partial charge >= 0.3 is 0 Å². The van der Waals surface area contributed by atoms with Crippen LogP contribution in [0.4, 0.5) is 10.2 Å². The molecule has 35 heavy (non-hydrogen) atoms. The minimum atomic E-state index is -0.649. The van der Waals surface area contributed by atoms with Gasteiger partial charge in [0.1, 0.15) is 23.0 Å². The van der Waals surface area contributed by atoms with Gasteiger partial charge in [0.25, 0.3) is 0 Å². The number of hydrogen-bond acceptors (Lipinski definition) is 6. The summed E-state index contributed by atoms with van der Waals surface area (Å²) in [7, 11) is 0. The van der Waals surface area contributed by atoms with Crippen LogP contribution < -0.4 is 4.90 Å². The van der Waals surface area contributed by atoms with Gasteiger partial charge in [-0.3, -0.25) is 9.47 Å². The molecular formula is C26H27ClFN7. The molecule has 3 aromatic rings. The second-order valence-corrected chi connectivity index (χ2v) is 11.3. The van der Waals surface area contributed by atoms with Crippen LogP contribution in [0.5, 0.6) is 0 Å². The summed E-state index contributed by atoms with van der Waals surface area (Å²) in [5, 5.41) is 19.7. The van der Waals surface area contributed by atoms with Crippen molar-refractivity contribution in [3.05, 3.63) is 64.1 Å². The smallest absolute Gasteiger partial charge is 0.151 e. The minimum Gasteiger partial charge on any atom is -0.355 e. The summed E-state index contributed by atoms with van der Waals surface area (Å²) in [5.41, 5.74) is 2.35. The van der Waals surface area contributed by atoms with E-state index >= 15 is 0 Å². The monoisotopic (exact) mass is 491 g/mol. The molecule has 9 heteroatoms. The Hall–Kier alpha value is -3.02. The third-order valence-electron chi connectivity index (χ3n) is 7.93. The van der Waals surface area contributed by atoms with E-state index in [9.17, 15) is 9.65 Å². The summed E-state index contributed by atoms with van der Waals surface area (Å²) in [4.78, 5) is 8.63. The lowest BCUT2D eigenvalue weighted by atomic mass is 9.57. The number of rotatable bonds is 3. The number of anilines is 1. The molecule has 2 fully saturated rings. The first-order chi connectivity index (χ1) is 16.7. The average Bonchev–Trinajstić information content (AvgIpc) is 3.09. The van der Waals surface area contributed by atoms with Crippen LogP contribution in [0, 0.1) is 29.5 Å². The van der Waals surface area contributed by atoms with Crippen molar-refractivity contribution in [3.8, 4) is 11.8 Å². The van der Waals surface area contributed by atoms with E-state index in [4.69, 9.17) is 11.6 Å². The fourth-order valence-electron chi connectivity index (χ4n) is 5.81. The Bertz CT molecular complexity index is 1360. The molecule has 1 saturated carbocycles. The van der Waals surface area contributed by atoms with Gasteiger partial charge in [-0.25, -0.2) is 9.37 Å². The van der Waals surface area contributed by atoms with Crippen LogP contribution in [0.3, 0.4) is 0 Å². The van der Waals surface area contributed by atoms with Gasteiger partial charge in [0.15, 0.2) is 5.82 Å². The Morgan fingerprint density at radius 1 is 1.17 bits per heavy atom. The molecule has 1 saturated heterocycles. The predicted octanol–water partition coefficient (Wildman–Crippen LogP) is 4.77. The molecule has 0 bridgehead atoms. The van der Waals surface area contributed by atoms with Crippen LogP contribution in [0.2, 0.25) is 5.02 Å². The summed E-state index contributed by atoms with van der Waals surface area (Å²) in [6.45, 7) is 8.65. The SMILES string of the molecule is Cc1cc(N2CC3(CC(c4nnc5n4-c4ccc(Cl)cc4CN(C(C)(C)C#N)C5)C3)C2)ncc1F. The zero-order chi connectivity index (χ0) is 24.5. The molecular weight excluding hydrogens is 465 g/mol. The van der Waals surface area contributed by atoms with Crippen LogP contribution in [-0.2, 0) is 13.1 Å². The molecule has 0 atom stereocenters. The second-order valence-electron chi connectivity index (χ2n) is 10.9. The lowest BCUT2D eigenvalue weighted by Gasteiger charge is -2.59. The zero-order valence-electron chi connectivity index (χ0n) is 20.1. The van der Waals surface area contributed by atoms with Crippen molar-refractivity contribution in [3.63, 3.8) is 0 Å². The van der Waals surface area contributed by atoms with Crippen molar-refractivity contribution < 1.29 is 4.39 Å². The molecule has 0 unspecified atom stereocenters. The maximum absolute atomic E-state index is 13.6. The summed E-state index contributed by atoms with van der Waals surface area (Å²) in [6, 6.07) is 10.2. The van der Waals surface area contributed by atoms with Crippen molar-refractivity contribution >= 4 is 17.4 Å². The van der Waals surface area contributed by atoms with E-state index in [1.807, 2.05) is 38.1 Å². The van der Waals surface area contributed by atoms with E-state index in [0.29, 0.717) is 29.6 Å². The van der Waals surface area contributed by atoms with Gasteiger partial charge in [-0.05, 0) is 69.0 Å². The van der Waals surface area contributed by atoms with E-state index in [2.05, 4.69) is 35.6 Å². The number of hydrogen-bond donors (Lipinski definition) is 0. The normalized spacial score (nSPS) is 19.4. The molecule has 180 valence electrons. The highest BCUT2D eigenvalue weighted by atomic mass is 35.5. The molecule has 1 aromatic carbocycles. The molecule has 2 aliphatic heterocycles. The van der Waals surface area contributed by atoms with Gasteiger partial charge in [0.2, 0.25) is 0 Å². The van der Waals surface area contributed by atoms with Crippen molar-refractivity contribution in [1.82, 2.24) is 24.6 Å². The summed E-state index contributed by atoms with van der Waals surface area (Å²) >= 11 is 6.36. The Balaban J connectivity index is 1.25. The average molecular weight is 492 g/mol. The van der Waals surface area contributed by atoms with Crippen molar-refractivity contribution in [1.29, 1.82) is 5.26 Å². The van der Waals surface area contributed by atoms with Gasteiger partial charge < -0.3 is 4.90 Å². The number of benzene rings is 1. The highest BCUT2D eigenvalue weighted by Gasteiger charge is 2.54. The number of halogens is 2. The highest BCUT2D eigenvalue weighted by Crippen LogP contribution is 2.56. The number of nitriles is 1. The van der Waals surface area contributed by atoms with E-state index in [1.54, 1.807) is 6.92 Å². The van der Waals surface area contributed by atoms with Gasteiger partial charge in [-0.1, -0.05) is 11.6 Å². The standard InChI is InChI=1S/C26H27ClFN7/c1-16-6-22(30-10-20(16)28)33-14-26(15-33)8-18(9-26)24-32-31-23-12-34(25(2,3)13-29)11-17-7-19(27)4-5-21(17)35(23)24/h4-7,10,18H,8-9,11-12,14-15H2,1-3H3. The fraction of sp³-hybridized carbons (Fsp3) is 0.462. The second kappa shape index (κ2) is 7.74. The molecule has 6 rings (SSSR count). The summed E-state index contributed by atoms with van der Waals surface area (Å²) in [5.74, 6) is 2.74. The molecule has 1 spiro atoms. The largest absolute Gasteiger partial charge is 0.355 e. The van der Waals surface area contributed by atoms with E-state index < -0.39 is 5.54 Å². The Kier molecular flexibility index (Phi) is 4.96. The third-order valence-corrected chi connectivity index (χ3v) is 8.16. The maximum Gasteiger partial charge on any atom is 0.151 e. The van der Waals surface area contributed by atoms with Crippen molar-refractivity contribution in [2.75, 3.05) is 18.0 Å². The first-order valence-electron chi connectivity index (χ1n) is 11.9. The Morgan fingerprint density at radius 3 is 2.66 bits per heavy atom. The number of nitrogens with zero attached hydrogens (tertiary/aromatic N) is 7. The summed E-state index contributed by atoms with van der Waals surface area (Å²) in [6.07, 6.45) is 3.39. The van der Waals surface area contributed by atoms with E-state index in [1.165, 1.54) is 6.20 Å². The molecule has 1 aliphatic carbocycles. The van der Waals surface area contributed by atoms with Crippen LogP contribution in [-0.4, -0.2) is 43.3 Å². The molecule has 2 aromatic heterocycles. The van der Waals surface area contributed by atoms with Crippen LogP contribution in [0.15, 0.2) is 30.5 Å². The Labute approximate surface area is 209 Å². The first kappa shape index (κ1) is 22.4. The zero-order valence-corrected chi connectivity index (χ0v) is 20.8. The van der Waals surface area contributed by atoms with Crippen LogP contribution in [0.1, 0.15) is 55.4 Å². The summed E-state index contributed by atoms with van der Waals surface area (Å²) < 4.78 is 15.8. The molecule has 0 amide bonds. The maximum atomic E-state index is 13.6. The highest BCUT2D eigenvalue weighted by molar-refractivity contribution is 6.30. The molecule has 0 N–H and O–H groups in total. The van der Waals surface area contributed by atoms with Crippen molar-refractivity contribution in [2.45, 2.75) is 58.2 Å². The molecule has 3 aliphatic rings. The number of aromatic nitrogens is 4. The number of fused-ring (bicyclic) bond motifs is 3. The number of aryl methyl sites for hydroxylation is 1. The number of pyridine rings is 1. The van der Waals surface area contributed by atoms with Crippen LogP contribution >= 0.6 is 11.6 Å². The molecule has 0 radical (unpaired) electrons. The minimum absolute atomic E-state index is 0.253. The molecule has 7 nitrogen and oxygen atoms in total. The third kappa shape index (κ3) is 3.60. The van der Waals surface area contributed by atoms with Gasteiger partial charge in [0, 0.05) is 36.0 Å². The molecule has 4 heterocycles. The van der Waals surface area contributed by atoms with Crippen molar-refractivity contribution in [2.24, 2.45) is 5.41 Å². The first-order valence-corrected chi connectivity index (χ1v) is 12.3. The van der Waals surface area contributed by atoms with E-state index in [-0.39, 0.29) is 11.2 Å². The van der Waals surface area contributed by atoms with Gasteiger partial charge in [0.05, 0.1) is 24.5 Å². The Morgan fingerprint density at radius 2 is 1.94 bits per heavy atom. The van der Waals surface area contributed by atoms with Gasteiger partial charge in [-0.15, -0.1) is 10.2 Å². The predicted molar refractivity (Wildman–Crippen MR) is 131 cm³/mol. The quantitative estimate of drug-likeness (QED) is 0.525. The fourth-order valence-corrected chi connectivity index (χ4v) is 6.00. The van der Waals surface area contributed by atoms with E-state index in [0.717, 1.165) is 54.6 Å². The lowest BCUT2D eigenvalue weighted by Crippen LogP contribution is -2.62.